The lowest BCUT2D eigenvalue weighted by Crippen LogP contribution is -1.93. The minimum atomic E-state index is -0.00700. The highest BCUT2D eigenvalue weighted by atomic mass is 79.9. The summed E-state index contributed by atoms with van der Waals surface area (Å²) in [6, 6.07) is 5.41. The standard InChI is InChI=1S/C10H10BrN3O2/c11-6-1-2-8(12)7(5-6)10-13-9(3-4-15)14-16-10/h1-2,5,15H,3-4,12H2. The van der Waals surface area contributed by atoms with Crippen LogP contribution in [0.2, 0.25) is 0 Å². The molecule has 0 atom stereocenters. The summed E-state index contributed by atoms with van der Waals surface area (Å²) >= 11 is 3.35. The van der Waals surface area contributed by atoms with Gasteiger partial charge in [-0.15, -0.1) is 0 Å². The van der Waals surface area contributed by atoms with Crippen LogP contribution in [0.5, 0.6) is 0 Å². The van der Waals surface area contributed by atoms with Gasteiger partial charge in [-0.05, 0) is 18.2 Å². The molecule has 0 saturated carbocycles. The van der Waals surface area contributed by atoms with Gasteiger partial charge in [-0.2, -0.15) is 4.98 Å². The topological polar surface area (TPSA) is 85.2 Å². The van der Waals surface area contributed by atoms with Gasteiger partial charge in [0.25, 0.3) is 5.89 Å². The number of benzene rings is 1. The number of nitrogens with zero attached hydrogens (tertiary/aromatic N) is 2. The van der Waals surface area contributed by atoms with E-state index in [1.165, 1.54) is 0 Å². The van der Waals surface area contributed by atoms with Gasteiger partial charge in [0.1, 0.15) is 0 Å². The monoisotopic (exact) mass is 283 g/mol. The first kappa shape index (κ1) is 11.1. The summed E-state index contributed by atoms with van der Waals surface area (Å²) in [4.78, 5) is 4.13. The molecule has 0 unspecified atom stereocenters. The number of anilines is 1. The Labute approximate surface area is 100 Å². The summed E-state index contributed by atoms with van der Waals surface area (Å²) in [5.74, 6) is 0.833. The van der Waals surface area contributed by atoms with Crippen LogP contribution in [0.1, 0.15) is 5.82 Å². The van der Waals surface area contributed by atoms with E-state index < -0.39 is 0 Å². The van der Waals surface area contributed by atoms with Crippen molar-refractivity contribution in [1.29, 1.82) is 0 Å². The summed E-state index contributed by atoms with van der Waals surface area (Å²) in [6.45, 7) is -0.00700. The van der Waals surface area contributed by atoms with Crippen LogP contribution in [0.15, 0.2) is 27.2 Å². The van der Waals surface area contributed by atoms with Crippen LogP contribution in [0.25, 0.3) is 11.5 Å². The first-order valence-corrected chi connectivity index (χ1v) is 5.49. The normalized spacial score (nSPS) is 10.6. The Balaban J connectivity index is 2.38. The van der Waals surface area contributed by atoms with E-state index in [1.807, 2.05) is 12.1 Å². The number of aliphatic hydroxyl groups excluding tert-OH is 1. The SMILES string of the molecule is Nc1ccc(Br)cc1-c1nc(CCO)no1. The molecule has 0 aliphatic rings. The highest BCUT2D eigenvalue weighted by Crippen LogP contribution is 2.27. The molecular weight excluding hydrogens is 274 g/mol. The lowest BCUT2D eigenvalue weighted by molar-refractivity contribution is 0.293. The lowest BCUT2D eigenvalue weighted by Gasteiger charge is -2.00. The van der Waals surface area contributed by atoms with E-state index in [1.54, 1.807) is 6.07 Å². The predicted molar refractivity (Wildman–Crippen MR) is 62.6 cm³/mol. The van der Waals surface area contributed by atoms with Crippen molar-refractivity contribution < 1.29 is 9.63 Å². The van der Waals surface area contributed by atoms with Gasteiger partial charge < -0.3 is 15.4 Å². The highest BCUT2D eigenvalue weighted by Gasteiger charge is 2.11. The van der Waals surface area contributed by atoms with Gasteiger partial charge in [-0.3, -0.25) is 0 Å². The number of aliphatic hydroxyl groups is 1. The molecule has 0 saturated heterocycles. The fourth-order valence-electron chi connectivity index (χ4n) is 1.28. The first-order chi connectivity index (χ1) is 7.70. The first-order valence-electron chi connectivity index (χ1n) is 4.69. The summed E-state index contributed by atoms with van der Waals surface area (Å²) < 4.78 is 5.95. The predicted octanol–water partition coefficient (Wildman–Crippen LogP) is 1.62. The number of rotatable bonds is 3. The van der Waals surface area contributed by atoms with Crippen molar-refractivity contribution in [2.75, 3.05) is 12.3 Å². The van der Waals surface area contributed by atoms with Crippen molar-refractivity contribution in [3.8, 4) is 11.5 Å². The number of nitrogens with two attached hydrogens (primary N) is 1. The van der Waals surface area contributed by atoms with E-state index >= 15 is 0 Å². The second-order valence-corrected chi connectivity index (χ2v) is 4.14. The van der Waals surface area contributed by atoms with Gasteiger partial charge in [-0.1, -0.05) is 21.1 Å². The molecular formula is C10H10BrN3O2. The summed E-state index contributed by atoms with van der Waals surface area (Å²) in [6.07, 6.45) is 0.372. The van der Waals surface area contributed by atoms with E-state index in [0.29, 0.717) is 29.4 Å². The van der Waals surface area contributed by atoms with Crippen LogP contribution in [0, 0.1) is 0 Å². The number of hydrogen-bond acceptors (Lipinski definition) is 5. The Kier molecular flexibility index (Phi) is 3.21. The van der Waals surface area contributed by atoms with E-state index in [4.69, 9.17) is 15.4 Å². The molecule has 84 valence electrons. The lowest BCUT2D eigenvalue weighted by atomic mass is 10.2. The molecule has 1 heterocycles. The highest BCUT2D eigenvalue weighted by molar-refractivity contribution is 9.10. The number of hydrogen-bond donors (Lipinski definition) is 2. The molecule has 5 nitrogen and oxygen atoms in total. The van der Waals surface area contributed by atoms with Crippen LogP contribution in [0.4, 0.5) is 5.69 Å². The third-order valence-corrected chi connectivity index (χ3v) is 2.54. The molecule has 3 N–H and O–H groups in total. The van der Waals surface area contributed by atoms with Crippen LogP contribution in [0.3, 0.4) is 0 Å². The smallest absolute Gasteiger partial charge is 0.260 e. The van der Waals surface area contributed by atoms with E-state index in [2.05, 4.69) is 26.1 Å². The summed E-state index contributed by atoms with van der Waals surface area (Å²) in [7, 11) is 0. The minimum Gasteiger partial charge on any atom is -0.398 e. The van der Waals surface area contributed by atoms with Crippen LogP contribution in [-0.4, -0.2) is 21.9 Å². The van der Waals surface area contributed by atoms with Gasteiger partial charge in [0.15, 0.2) is 5.82 Å². The average Bonchev–Trinajstić information content (AvgIpc) is 2.71. The van der Waals surface area contributed by atoms with E-state index in [-0.39, 0.29) is 6.61 Å². The van der Waals surface area contributed by atoms with Gasteiger partial charge in [0.05, 0.1) is 12.2 Å². The Morgan fingerprint density at radius 1 is 1.44 bits per heavy atom. The molecule has 1 aromatic heterocycles. The number of halogens is 1. The van der Waals surface area contributed by atoms with Crippen molar-refractivity contribution in [1.82, 2.24) is 10.1 Å². The van der Waals surface area contributed by atoms with Gasteiger partial charge in [0, 0.05) is 16.6 Å². The Hall–Kier alpha value is -1.40. The van der Waals surface area contributed by atoms with Gasteiger partial charge in [-0.25, -0.2) is 0 Å². The molecule has 0 bridgehead atoms. The molecule has 0 aliphatic heterocycles. The zero-order valence-electron chi connectivity index (χ0n) is 8.35. The van der Waals surface area contributed by atoms with Gasteiger partial charge >= 0.3 is 0 Å². The molecule has 2 aromatic rings. The van der Waals surface area contributed by atoms with Crippen molar-refractivity contribution >= 4 is 21.6 Å². The Morgan fingerprint density at radius 2 is 2.25 bits per heavy atom. The molecule has 0 radical (unpaired) electrons. The van der Waals surface area contributed by atoms with E-state index in [0.717, 1.165) is 4.47 Å². The largest absolute Gasteiger partial charge is 0.398 e. The molecule has 0 spiro atoms. The van der Waals surface area contributed by atoms with Crippen molar-refractivity contribution in [3.63, 3.8) is 0 Å². The zero-order chi connectivity index (χ0) is 11.5. The minimum absolute atomic E-state index is 0.00700. The quantitative estimate of drug-likeness (QED) is 0.836. The molecule has 0 fully saturated rings. The molecule has 0 amide bonds. The fourth-order valence-corrected chi connectivity index (χ4v) is 1.64. The fraction of sp³-hybridized carbons (Fsp3) is 0.200. The average molecular weight is 284 g/mol. The maximum absolute atomic E-state index is 8.74. The molecule has 6 heteroatoms. The second-order valence-electron chi connectivity index (χ2n) is 3.22. The van der Waals surface area contributed by atoms with E-state index in [9.17, 15) is 0 Å². The zero-order valence-corrected chi connectivity index (χ0v) is 9.94. The molecule has 2 rings (SSSR count). The van der Waals surface area contributed by atoms with Crippen molar-refractivity contribution in [2.45, 2.75) is 6.42 Å². The number of aromatic nitrogens is 2. The summed E-state index contributed by atoms with van der Waals surface area (Å²) in [5.41, 5.74) is 7.06. The number of nitrogen functional groups attached to an aromatic ring is 1. The Bertz CT molecular complexity index is 499. The van der Waals surface area contributed by atoms with Crippen LogP contribution in [-0.2, 0) is 6.42 Å². The van der Waals surface area contributed by atoms with Crippen LogP contribution >= 0.6 is 15.9 Å². The maximum atomic E-state index is 8.74. The molecule has 16 heavy (non-hydrogen) atoms. The maximum Gasteiger partial charge on any atom is 0.260 e. The summed E-state index contributed by atoms with van der Waals surface area (Å²) in [5, 5.41) is 12.5. The third kappa shape index (κ3) is 2.23. The van der Waals surface area contributed by atoms with Crippen molar-refractivity contribution in [2.24, 2.45) is 0 Å². The van der Waals surface area contributed by atoms with Crippen LogP contribution < -0.4 is 5.73 Å². The van der Waals surface area contributed by atoms with Gasteiger partial charge in [0.2, 0.25) is 0 Å². The Morgan fingerprint density at radius 3 is 3.00 bits per heavy atom. The second kappa shape index (κ2) is 4.63. The van der Waals surface area contributed by atoms with Crippen molar-refractivity contribution in [3.05, 3.63) is 28.5 Å². The third-order valence-electron chi connectivity index (χ3n) is 2.05. The molecule has 1 aromatic carbocycles. The molecule has 0 aliphatic carbocycles.